The third kappa shape index (κ3) is 18.5. The van der Waals surface area contributed by atoms with Gasteiger partial charge < -0.3 is 20.3 Å². The topological polar surface area (TPSA) is 70.7 Å². The fourth-order valence-electron chi connectivity index (χ4n) is 5.45. The van der Waals surface area contributed by atoms with Crippen LogP contribution in [0.5, 0.6) is 5.75 Å². The van der Waals surface area contributed by atoms with E-state index >= 15 is 0 Å². The number of nitrogens with zero attached hydrogens (tertiary/aromatic N) is 1. The van der Waals surface area contributed by atoms with Gasteiger partial charge in [-0.1, -0.05) is 90.2 Å². The van der Waals surface area contributed by atoms with Crippen LogP contribution in [-0.2, 0) is 9.59 Å². The molecular weight excluding hydrogens is 633 g/mol. The van der Waals surface area contributed by atoms with E-state index in [0.717, 1.165) is 89.7 Å². The van der Waals surface area contributed by atoms with Gasteiger partial charge in [0.15, 0.2) is 5.78 Å². The van der Waals surface area contributed by atoms with E-state index in [1.807, 2.05) is 21.6 Å². The van der Waals surface area contributed by atoms with Crippen molar-refractivity contribution in [3.05, 3.63) is 28.2 Å². The Bertz CT molecular complexity index is 935. The van der Waals surface area contributed by atoms with Crippen molar-refractivity contribution in [3.8, 4) is 5.75 Å². The smallest absolute Gasteiger partial charge is 0.223 e. The van der Waals surface area contributed by atoms with E-state index in [0.29, 0.717) is 21.7 Å². The van der Waals surface area contributed by atoms with E-state index < -0.39 is 0 Å². The minimum Gasteiger partial charge on any atom is -0.484 e. The summed E-state index contributed by atoms with van der Waals surface area (Å²) in [7, 11) is 8.18. The number of unbranched alkanes of at least 4 members (excludes halogenated alkanes) is 5. The minimum absolute atomic E-state index is 0.0182. The number of ether oxygens (including phenoxy) is 1. The molecule has 1 saturated heterocycles. The number of amides is 1. The first-order valence-corrected chi connectivity index (χ1v) is 20.0. The van der Waals surface area contributed by atoms with Crippen molar-refractivity contribution < 1.29 is 14.3 Å². The van der Waals surface area contributed by atoms with Gasteiger partial charge in [-0.2, -0.15) is 0 Å². The maximum absolute atomic E-state index is 13.3. The number of hydrogen-bond acceptors (Lipinski definition) is 7. The van der Waals surface area contributed by atoms with Gasteiger partial charge in [-0.05, 0) is 96.2 Å². The van der Waals surface area contributed by atoms with Crippen molar-refractivity contribution in [1.29, 1.82) is 0 Å². The van der Waals surface area contributed by atoms with Gasteiger partial charge in [-0.25, -0.2) is 0 Å². The Morgan fingerprint density at radius 1 is 0.955 bits per heavy atom. The summed E-state index contributed by atoms with van der Waals surface area (Å²) in [6.07, 6.45) is 13.9. The van der Waals surface area contributed by atoms with Crippen molar-refractivity contribution in [2.24, 2.45) is 17.8 Å². The first kappa shape index (κ1) is 39.5. The molecule has 252 valence electrons. The van der Waals surface area contributed by atoms with E-state index in [-0.39, 0.29) is 30.1 Å². The van der Waals surface area contributed by atoms with Crippen LogP contribution < -0.4 is 15.4 Å². The van der Waals surface area contributed by atoms with Crippen molar-refractivity contribution in [2.75, 3.05) is 58.4 Å². The molecule has 10 heteroatoms. The fourth-order valence-corrected chi connectivity index (χ4v) is 8.15. The largest absolute Gasteiger partial charge is 0.484 e. The van der Waals surface area contributed by atoms with Crippen LogP contribution in [0.15, 0.2) is 18.2 Å². The first-order valence-electron chi connectivity index (χ1n) is 16.7. The Hall–Kier alpha value is -0.640. The Balaban J connectivity index is 1.67. The summed E-state index contributed by atoms with van der Waals surface area (Å²) < 4.78 is 5.82. The highest BCUT2D eigenvalue weighted by molar-refractivity contribution is 8.76. The average Bonchev–Trinajstić information content (AvgIpc) is 3.00. The normalized spacial score (nSPS) is 15.3. The highest BCUT2D eigenvalue weighted by atomic mass is 35.5. The molecule has 1 amide bonds. The molecule has 1 heterocycles. The molecule has 2 atom stereocenters. The Kier molecular flexibility index (Phi) is 22.0. The molecule has 1 fully saturated rings. The molecule has 1 aliphatic rings. The summed E-state index contributed by atoms with van der Waals surface area (Å²) in [6, 6.07) is 5.10. The quantitative estimate of drug-likeness (QED) is 0.0788. The molecule has 44 heavy (non-hydrogen) atoms. The van der Waals surface area contributed by atoms with Gasteiger partial charge in [0, 0.05) is 41.5 Å². The highest BCUT2D eigenvalue weighted by Gasteiger charge is 2.21. The second-order valence-corrected chi connectivity index (χ2v) is 16.1. The van der Waals surface area contributed by atoms with Gasteiger partial charge in [0.1, 0.15) is 12.4 Å². The van der Waals surface area contributed by atoms with Crippen LogP contribution in [0.25, 0.3) is 0 Å². The summed E-state index contributed by atoms with van der Waals surface area (Å²) in [5.41, 5.74) is 0. The number of piperidine rings is 1. The van der Waals surface area contributed by atoms with Crippen LogP contribution in [0.4, 0.5) is 0 Å². The van der Waals surface area contributed by atoms with Crippen LogP contribution in [0.1, 0.15) is 90.4 Å². The maximum Gasteiger partial charge on any atom is 0.223 e. The minimum atomic E-state index is 0.0182. The molecule has 1 aromatic rings. The lowest BCUT2D eigenvalue weighted by atomic mass is 9.88. The summed E-state index contributed by atoms with van der Waals surface area (Å²) in [5, 5.41) is 7.42. The van der Waals surface area contributed by atoms with Gasteiger partial charge in [-0.15, -0.1) is 0 Å². The second kappa shape index (κ2) is 24.5. The summed E-state index contributed by atoms with van der Waals surface area (Å²) >= 11 is 12.3. The molecule has 0 aromatic heterocycles. The van der Waals surface area contributed by atoms with Crippen LogP contribution in [0, 0.1) is 17.8 Å². The van der Waals surface area contributed by atoms with Gasteiger partial charge in [0.2, 0.25) is 5.91 Å². The third-order valence-electron chi connectivity index (χ3n) is 8.35. The number of ketones is 1. The molecule has 0 radical (unpaired) electrons. The molecule has 0 aliphatic carbocycles. The molecule has 0 spiro atoms. The van der Waals surface area contributed by atoms with Crippen molar-refractivity contribution in [2.45, 2.75) is 90.4 Å². The van der Waals surface area contributed by atoms with Gasteiger partial charge in [-0.3, -0.25) is 9.59 Å². The van der Waals surface area contributed by atoms with E-state index in [1.54, 1.807) is 18.2 Å². The fraction of sp³-hybridized carbons (Fsp3) is 0.765. The lowest BCUT2D eigenvalue weighted by Crippen LogP contribution is -2.38. The first-order chi connectivity index (χ1) is 21.3. The lowest BCUT2D eigenvalue weighted by molar-refractivity contribution is -0.126. The summed E-state index contributed by atoms with van der Waals surface area (Å²) in [6.45, 7) is 6.17. The van der Waals surface area contributed by atoms with E-state index in [4.69, 9.17) is 27.9 Å². The molecule has 0 saturated carbocycles. The number of benzene rings is 1. The molecular formula is C34H57Cl2N3O3S2. The molecule has 1 aromatic carbocycles. The number of carbonyl (C=O) groups is 2. The standard InChI is InChI=1S/C34H57Cl2N3O3S2/c1-27(11-10-23-43-44-24-22-39(2)3)13-14-28(32(40)26-42-33-16-15-30(35)25-31(33)36)12-8-6-4-5-7-9-19-38-34(41)29-17-20-37-21-18-29/h15-16,25,27-29,37H,4-14,17-24,26H2,1-3H3,(H,38,41)/t27-,28?/m0/s1. The van der Waals surface area contributed by atoms with Gasteiger partial charge in [0.25, 0.3) is 0 Å². The SMILES string of the molecule is C[C@@H](CCCSSCCN(C)C)CCC(CCCCCCCCNC(=O)C1CCNCC1)C(=O)COc1ccc(Cl)cc1Cl. The Labute approximate surface area is 285 Å². The van der Waals surface area contributed by atoms with Gasteiger partial charge >= 0.3 is 0 Å². The lowest BCUT2D eigenvalue weighted by Gasteiger charge is -2.21. The van der Waals surface area contributed by atoms with Crippen LogP contribution in [-0.4, -0.2) is 75.0 Å². The third-order valence-corrected chi connectivity index (χ3v) is 11.3. The molecule has 6 nitrogen and oxygen atoms in total. The Morgan fingerprint density at radius 2 is 1.66 bits per heavy atom. The van der Waals surface area contributed by atoms with E-state index in [2.05, 4.69) is 36.6 Å². The predicted octanol–water partition coefficient (Wildman–Crippen LogP) is 8.54. The summed E-state index contributed by atoms with van der Waals surface area (Å²) in [4.78, 5) is 27.8. The van der Waals surface area contributed by atoms with E-state index in [9.17, 15) is 9.59 Å². The van der Waals surface area contributed by atoms with Crippen LogP contribution in [0.3, 0.4) is 0 Å². The molecule has 2 N–H and O–H groups in total. The Morgan fingerprint density at radius 3 is 2.39 bits per heavy atom. The maximum atomic E-state index is 13.3. The van der Waals surface area contributed by atoms with Crippen molar-refractivity contribution in [3.63, 3.8) is 0 Å². The number of carbonyl (C=O) groups excluding carboxylic acids is 2. The molecule has 1 unspecified atom stereocenters. The van der Waals surface area contributed by atoms with Crippen molar-refractivity contribution in [1.82, 2.24) is 15.5 Å². The zero-order valence-electron chi connectivity index (χ0n) is 27.4. The highest BCUT2D eigenvalue weighted by Crippen LogP contribution is 2.29. The monoisotopic (exact) mass is 689 g/mol. The zero-order chi connectivity index (χ0) is 32.0. The number of hydrogen-bond donors (Lipinski definition) is 2. The number of rotatable bonds is 25. The zero-order valence-corrected chi connectivity index (χ0v) is 30.5. The number of Topliss-reactive ketones (excluding diaryl/α,β-unsaturated/α-hetero) is 1. The van der Waals surface area contributed by atoms with Crippen molar-refractivity contribution >= 4 is 56.5 Å². The van der Waals surface area contributed by atoms with Gasteiger partial charge in [0.05, 0.1) is 5.02 Å². The van der Waals surface area contributed by atoms with Crippen LogP contribution >= 0.6 is 44.8 Å². The molecule has 0 bridgehead atoms. The molecule has 1 aliphatic heterocycles. The summed E-state index contributed by atoms with van der Waals surface area (Å²) in [5.74, 6) is 4.06. The molecule has 2 rings (SSSR count). The number of halogens is 2. The predicted molar refractivity (Wildman–Crippen MR) is 192 cm³/mol. The number of nitrogens with one attached hydrogen (secondary N) is 2. The van der Waals surface area contributed by atoms with E-state index in [1.165, 1.54) is 31.4 Å². The average molecular weight is 691 g/mol. The van der Waals surface area contributed by atoms with Crippen LogP contribution in [0.2, 0.25) is 10.0 Å². The second-order valence-electron chi connectivity index (χ2n) is 12.5.